The molecule has 110 valence electrons. The smallest absolute Gasteiger partial charge is 0.410 e. The van der Waals surface area contributed by atoms with Gasteiger partial charge in [0.1, 0.15) is 12.6 Å². The summed E-state index contributed by atoms with van der Waals surface area (Å²) in [5.41, 5.74) is 6.29. The van der Waals surface area contributed by atoms with Crippen LogP contribution in [0.25, 0.3) is 0 Å². The van der Waals surface area contributed by atoms with Crippen LogP contribution in [0.1, 0.15) is 13.3 Å². The first-order chi connectivity index (χ1) is 9.58. The fourth-order valence-electron chi connectivity index (χ4n) is 2.42. The second-order valence-corrected chi connectivity index (χ2v) is 5.23. The molecule has 2 aliphatic rings. The molecule has 2 atom stereocenters. The van der Waals surface area contributed by atoms with Gasteiger partial charge in [0, 0.05) is 19.6 Å². The summed E-state index contributed by atoms with van der Waals surface area (Å²) >= 11 is 0. The molecule has 1 aliphatic carbocycles. The van der Waals surface area contributed by atoms with Gasteiger partial charge < -0.3 is 15.8 Å². The molecule has 1 fully saturated rings. The highest BCUT2D eigenvalue weighted by Gasteiger charge is 2.31. The standard InChI is InChI=1S/C14H21N3O3/c1-10-3-2-4-11(7-10)9-20-14(19)17-6-5-16-8-12(17)13(15)18/h2,4,7,10,12,16H,3,5-6,8-9H2,1H3,(H2,15,18). The number of carbonyl (C=O) groups is 2. The Labute approximate surface area is 118 Å². The Balaban J connectivity index is 1.90. The number of hydrogen-bond donors (Lipinski definition) is 2. The number of primary amides is 1. The molecule has 2 amide bonds. The summed E-state index contributed by atoms with van der Waals surface area (Å²) in [6.45, 7) is 3.79. The Morgan fingerprint density at radius 3 is 3.05 bits per heavy atom. The van der Waals surface area contributed by atoms with Gasteiger partial charge in [0.2, 0.25) is 5.91 Å². The van der Waals surface area contributed by atoms with Crippen LogP contribution >= 0.6 is 0 Å². The number of hydrogen-bond acceptors (Lipinski definition) is 4. The molecule has 0 aromatic rings. The van der Waals surface area contributed by atoms with E-state index in [2.05, 4.69) is 24.4 Å². The van der Waals surface area contributed by atoms with Gasteiger partial charge >= 0.3 is 6.09 Å². The molecule has 1 heterocycles. The van der Waals surface area contributed by atoms with E-state index in [1.165, 1.54) is 4.90 Å². The van der Waals surface area contributed by atoms with E-state index < -0.39 is 18.0 Å². The van der Waals surface area contributed by atoms with Crippen molar-refractivity contribution in [2.24, 2.45) is 11.7 Å². The maximum Gasteiger partial charge on any atom is 0.410 e. The van der Waals surface area contributed by atoms with Gasteiger partial charge in [-0.25, -0.2) is 4.79 Å². The summed E-state index contributed by atoms with van der Waals surface area (Å²) in [6, 6.07) is -0.633. The highest BCUT2D eigenvalue weighted by Crippen LogP contribution is 2.16. The summed E-state index contributed by atoms with van der Waals surface area (Å²) in [4.78, 5) is 24.8. The van der Waals surface area contributed by atoms with Crippen LogP contribution in [-0.2, 0) is 9.53 Å². The maximum atomic E-state index is 12.1. The quantitative estimate of drug-likeness (QED) is 0.783. The minimum Gasteiger partial charge on any atom is -0.445 e. The topological polar surface area (TPSA) is 84.7 Å². The third-order valence-corrected chi connectivity index (χ3v) is 3.51. The average Bonchev–Trinajstić information content (AvgIpc) is 2.45. The van der Waals surface area contributed by atoms with E-state index >= 15 is 0 Å². The second kappa shape index (κ2) is 6.56. The van der Waals surface area contributed by atoms with Crippen LogP contribution in [0.3, 0.4) is 0 Å². The summed E-state index contributed by atoms with van der Waals surface area (Å²) < 4.78 is 5.28. The van der Waals surface area contributed by atoms with Gasteiger partial charge in [0.05, 0.1) is 0 Å². The Kier molecular flexibility index (Phi) is 4.79. The number of amides is 2. The third kappa shape index (κ3) is 3.60. The molecule has 2 rings (SSSR count). The second-order valence-electron chi connectivity index (χ2n) is 5.23. The highest BCUT2D eigenvalue weighted by atomic mass is 16.6. The SMILES string of the molecule is CC1C=C(COC(=O)N2CCNCC2C(N)=O)C=CC1. The first kappa shape index (κ1) is 14.6. The Hall–Kier alpha value is -1.82. The number of rotatable bonds is 3. The number of nitrogens with one attached hydrogen (secondary N) is 1. The lowest BCUT2D eigenvalue weighted by atomic mass is 9.98. The van der Waals surface area contributed by atoms with Gasteiger partial charge in [0.25, 0.3) is 0 Å². The van der Waals surface area contributed by atoms with E-state index in [0.717, 1.165) is 12.0 Å². The van der Waals surface area contributed by atoms with E-state index in [9.17, 15) is 9.59 Å². The van der Waals surface area contributed by atoms with Gasteiger partial charge in [-0.3, -0.25) is 9.69 Å². The lowest BCUT2D eigenvalue weighted by Gasteiger charge is -2.33. The third-order valence-electron chi connectivity index (χ3n) is 3.51. The largest absolute Gasteiger partial charge is 0.445 e. The summed E-state index contributed by atoms with van der Waals surface area (Å²) in [7, 11) is 0. The number of piperazine rings is 1. The van der Waals surface area contributed by atoms with Crippen molar-refractivity contribution in [1.29, 1.82) is 0 Å². The van der Waals surface area contributed by atoms with E-state index in [-0.39, 0.29) is 6.61 Å². The molecule has 1 aliphatic heterocycles. The molecule has 0 bridgehead atoms. The fourth-order valence-corrected chi connectivity index (χ4v) is 2.42. The number of allylic oxidation sites excluding steroid dienone is 2. The monoisotopic (exact) mass is 279 g/mol. The predicted molar refractivity (Wildman–Crippen MR) is 74.9 cm³/mol. The lowest BCUT2D eigenvalue weighted by Crippen LogP contribution is -2.58. The van der Waals surface area contributed by atoms with Crippen molar-refractivity contribution in [2.75, 3.05) is 26.2 Å². The van der Waals surface area contributed by atoms with Crippen molar-refractivity contribution in [3.8, 4) is 0 Å². The summed E-state index contributed by atoms with van der Waals surface area (Å²) in [6.07, 6.45) is 6.67. The molecule has 0 spiro atoms. The predicted octanol–water partition coefficient (Wildman–Crippen LogP) is 0.404. The van der Waals surface area contributed by atoms with Crippen molar-refractivity contribution >= 4 is 12.0 Å². The Morgan fingerprint density at radius 2 is 2.35 bits per heavy atom. The van der Waals surface area contributed by atoms with Crippen molar-refractivity contribution < 1.29 is 14.3 Å². The van der Waals surface area contributed by atoms with Gasteiger partial charge in [-0.2, -0.15) is 0 Å². The Morgan fingerprint density at radius 1 is 1.55 bits per heavy atom. The van der Waals surface area contributed by atoms with Crippen LogP contribution < -0.4 is 11.1 Å². The number of nitrogens with zero attached hydrogens (tertiary/aromatic N) is 1. The minimum atomic E-state index is -0.633. The fraction of sp³-hybridized carbons (Fsp3) is 0.571. The first-order valence-corrected chi connectivity index (χ1v) is 6.88. The van der Waals surface area contributed by atoms with Gasteiger partial charge in [-0.1, -0.05) is 25.2 Å². The number of nitrogens with two attached hydrogens (primary N) is 1. The molecule has 2 unspecified atom stereocenters. The van der Waals surface area contributed by atoms with E-state index in [1.807, 2.05) is 6.08 Å². The molecular formula is C14H21N3O3. The van der Waals surface area contributed by atoms with E-state index in [4.69, 9.17) is 10.5 Å². The van der Waals surface area contributed by atoms with Crippen LogP contribution in [0.15, 0.2) is 23.8 Å². The molecular weight excluding hydrogens is 258 g/mol. The van der Waals surface area contributed by atoms with Gasteiger partial charge in [-0.05, 0) is 17.9 Å². The molecule has 0 radical (unpaired) electrons. The maximum absolute atomic E-state index is 12.1. The van der Waals surface area contributed by atoms with Crippen molar-refractivity contribution in [3.63, 3.8) is 0 Å². The highest BCUT2D eigenvalue weighted by molar-refractivity contribution is 5.84. The minimum absolute atomic E-state index is 0.231. The van der Waals surface area contributed by atoms with Crippen LogP contribution in [0.5, 0.6) is 0 Å². The van der Waals surface area contributed by atoms with Crippen LogP contribution in [0, 0.1) is 5.92 Å². The molecule has 3 N–H and O–H groups in total. The summed E-state index contributed by atoms with van der Waals surface area (Å²) in [5.74, 6) is -0.0502. The van der Waals surface area contributed by atoms with Crippen molar-refractivity contribution in [1.82, 2.24) is 10.2 Å². The molecule has 0 saturated carbocycles. The molecule has 6 heteroatoms. The van der Waals surface area contributed by atoms with Crippen LogP contribution in [-0.4, -0.2) is 49.2 Å². The van der Waals surface area contributed by atoms with Crippen LogP contribution in [0.2, 0.25) is 0 Å². The summed E-state index contributed by atoms with van der Waals surface area (Å²) in [5, 5.41) is 3.04. The van der Waals surface area contributed by atoms with Crippen molar-refractivity contribution in [2.45, 2.75) is 19.4 Å². The van der Waals surface area contributed by atoms with Crippen LogP contribution in [0.4, 0.5) is 4.79 Å². The normalized spacial score (nSPS) is 26.1. The molecule has 6 nitrogen and oxygen atoms in total. The molecule has 0 aromatic heterocycles. The molecule has 0 aromatic carbocycles. The van der Waals surface area contributed by atoms with Crippen molar-refractivity contribution in [3.05, 3.63) is 23.8 Å². The number of ether oxygens (including phenoxy) is 1. The molecule has 20 heavy (non-hydrogen) atoms. The first-order valence-electron chi connectivity index (χ1n) is 6.88. The number of carbonyl (C=O) groups excluding carboxylic acids is 2. The van der Waals surface area contributed by atoms with E-state index in [1.54, 1.807) is 0 Å². The van der Waals surface area contributed by atoms with E-state index in [0.29, 0.717) is 25.6 Å². The zero-order chi connectivity index (χ0) is 14.5. The molecule has 1 saturated heterocycles. The zero-order valence-electron chi connectivity index (χ0n) is 11.7. The zero-order valence-corrected chi connectivity index (χ0v) is 11.7. The lowest BCUT2D eigenvalue weighted by molar-refractivity contribution is -0.123. The van der Waals surface area contributed by atoms with Gasteiger partial charge in [0.15, 0.2) is 0 Å². The van der Waals surface area contributed by atoms with Gasteiger partial charge in [-0.15, -0.1) is 0 Å². The average molecular weight is 279 g/mol. The Bertz CT molecular complexity index is 445.